The average Bonchev–Trinajstić information content (AvgIpc) is 3.18. The van der Waals surface area contributed by atoms with E-state index in [1.807, 2.05) is 4.90 Å². The van der Waals surface area contributed by atoms with Gasteiger partial charge in [-0.1, -0.05) is 0 Å². The van der Waals surface area contributed by atoms with Gasteiger partial charge in [0.15, 0.2) is 0 Å². The van der Waals surface area contributed by atoms with E-state index in [0.717, 1.165) is 37.1 Å². The predicted octanol–water partition coefficient (Wildman–Crippen LogP) is 1.54. The van der Waals surface area contributed by atoms with E-state index in [-0.39, 0.29) is 11.7 Å². The summed E-state index contributed by atoms with van der Waals surface area (Å²) in [6.45, 7) is -0.344. The number of piperidine rings is 1. The molecule has 144 valence electrons. The molecule has 1 fully saturated rings. The summed E-state index contributed by atoms with van der Waals surface area (Å²) in [4.78, 5) is 23.5. The van der Waals surface area contributed by atoms with Gasteiger partial charge in [0.1, 0.15) is 5.69 Å². The number of nitrogens with zero attached hydrogens (tertiary/aromatic N) is 5. The maximum absolute atomic E-state index is 12.9. The lowest BCUT2D eigenvalue weighted by atomic mass is 10.1. The Morgan fingerprint density at radius 1 is 1.41 bits per heavy atom. The Balaban J connectivity index is 1.44. The second-order valence-electron chi connectivity index (χ2n) is 6.64. The van der Waals surface area contributed by atoms with E-state index in [0.29, 0.717) is 30.4 Å². The van der Waals surface area contributed by atoms with Gasteiger partial charge in [-0.3, -0.25) is 4.79 Å². The van der Waals surface area contributed by atoms with Crippen molar-refractivity contribution in [3.63, 3.8) is 0 Å². The number of anilines is 1. The van der Waals surface area contributed by atoms with Crippen LogP contribution in [0.3, 0.4) is 0 Å². The molecule has 1 saturated heterocycles. The Labute approximate surface area is 154 Å². The predicted molar refractivity (Wildman–Crippen MR) is 91.6 cm³/mol. The zero-order valence-corrected chi connectivity index (χ0v) is 14.6. The molecule has 2 aromatic heterocycles. The summed E-state index contributed by atoms with van der Waals surface area (Å²) in [7, 11) is 0. The molecule has 8 nitrogen and oxygen atoms in total. The minimum atomic E-state index is -2.85. The monoisotopic (exact) mass is 378 g/mol. The van der Waals surface area contributed by atoms with Crippen LogP contribution in [-0.2, 0) is 17.8 Å². The Kier molecular flexibility index (Phi) is 4.97. The molecule has 2 aliphatic heterocycles. The number of ether oxygens (including phenoxy) is 1. The van der Waals surface area contributed by atoms with E-state index in [4.69, 9.17) is 4.74 Å². The molecule has 0 aromatic carbocycles. The summed E-state index contributed by atoms with van der Waals surface area (Å²) < 4.78 is 31.6. The highest BCUT2D eigenvalue weighted by atomic mass is 19.3. The molecular formula is C17H20F2N6O2. The second kappa shape index (κ2) is 7.55. The van der Waals surface area contributed by atoms with Gasteiger partial charge in [-0.2, -0.15) is 18.6 Å². The summed E-state index contributed by atoms with van der Waals surface area (Å²) in [5, 5.41) is 6.33. The molecular weight excluding hydrogens is 358 g/mol. The summed E-state index contributed by atoms with van der Waals surface area (Å²) >= 11 is 0. The highest BCUT2D eigenvalue weighted by Gasteiger charge is 2.26. The fourth-order valence-corrected chi connectivity index (χ4v) is 3.46. The highest BCUT2D eigenvalue weighted by molar-refractivity contribution is 5.92. The second-order valence-corrected chi connectivity index (χ2v) is 6.64. The van der Waals surface area contributed by atoms with Gasteiger partial charge in [0.2, 0.25) is 5.95 Å². The number of fused-ring (bicyclic) bond motifs is 1. The van der Waals surface area contributed by atoms with Gasteiger partial charge in [-0.05, 0) is 18.9 Å². The first-order valence-corrected chi connectivity index (χ1v) is 8.92. The van der Waals surface area contributed by atoms with Crippen molar-refractivity contribution in [2.45, 2.75) is 38.5 Å². The van der Waals surface area contributed by atoms with Gasteiger partial charge in [0.25, 0.3) is 5.91 Å². The van der Waals surface area contributed by atoms with E-state index < -0.39 is 12.5 Å². The molecule has 0 saturated carbocycles. The van der Waals surface area contributed by atoms with E-state index in [1.54, 1.807) is 6.20 Å². The molecule has 2 aliphatic rings. The smallest absolute Gasteiger partial charge is 0.333 e. The van der Waals surface area contributed by atoms with Gasteiger partial charge in [0.05, 0.1) is 18.9 Å². The Morgan fingerprint density at radius 3 is 3.15 bits per heavy atom. The number of aromatic nitrogens is 4. The van der Waals surface area contributed by atoms with Crippen molar-refractivity contribution in [2.75, 3.05) is 24.6 Å². The maximum atomic E-state index is 12.9. The molecule has 0 bridgehead atoms. The standard InChI is InChI=1S/C17H20F2N6O2/c18-16(19)25-14(3-5-21-25)15(26)22-12-2-1-6-24(9-12)17-20-8-11-10-27-7-4-13(11)23-17/h3,5,8,12,16H,1-2,4,6-7,9-10H2,(H,22,26). The normalized spacial score (nSPS) is 19.8. The van der Waals surface area contributed by atoms with E-state index in [1.165, 1.54) is 12.3 Å². The van der Waals surface area contributed by atoms with Crippen molar-refractivity contribution in [1.29, 1.82) is 0 Å². The minimum Gasteiger partial charge on any atom is -0.376 e. The lowest BCUT2D eigenvalue weighted by molar-refractivity contribution is 0.0506. The zero-order chi connectivity index (χ0) is 18.8. The van der Waals surface area contributed by atoms with Crippen LogP contribution >= 0.6 is 0 Å². The summed E-state index contributed by atoms with van der Waals surface area (Å²) in [6, 6.07) is 1.12. The van der Waals surface area contributed by atoms with Crippen molar-refractivity contribution < 1.29 is 18.3 Å². The molecule has 10 heteroatoms. The topological polar surface area (TPSA) is 85.2 Å². The third-order valence-electron chi connectivity index (χ3n) is 4.81. The highest BCUT2D eigenvalue weighted by Crippen LogP contribution is 2.21. The van der Waals surface area contributed by atoms with Crippen molar-refractivity contribution in [1.82, 2.24) is 25.1 Å². The van der Waals surface area contributed by atoms with Crippen LogP contribution in [0.15, 0.2) is 18.5 Å². The summed E-state index contributed by atoms with van der Waals surface area (Å²) in [5.74, 6) is 0.0791. The molecule has 1 unspecified atom stereocenters. The lowest BCUT2D eigenvalue weighted by Crippen LogP contribution is -2.48. The number of carbonyl (C=O) groups excluding carboxylic acids is 1. The van der Waals surface area contributed by atoms with Crippen LogP contribution in [0.5, 0.6) is 0 Å². The van der Waals surface area contributed by atoms with Gasteiger partial charge >= 0.3 is 6.55 Å². The van der Waals surface area contributed by atoms with Crippen LogP contribution in [0, 0.1) is 0 Å². The molecule has 4 heterocycles. The van der Waals surface area contributed by atoms with Crippen molar-refractivity contribution in [2.24, 2.45) is 0 Å². The van der Waals surface area contributed by atoms with E-state index in [2.05, 4.69) is 20.4 Å². The fraction of sp³-hybridized carbons (Fsp3) is 0.529. The SMILES string of the molecule is O=C(NC1CCCN(c2ncc3c(n2)CCOC3)C1)c1ccnn1C(F)F. The molecule has 1 N–H and O–H groups in total. The van der Waals surface area contributed by atoms with E-state index in [9.17, 15) is 13.6 Å². The molecule has 0 spiro atoms. The molecule has 2 aromatic rings. The van der Waals surface area contributed by atoms with Crippen LogP contribution in [-0.4, -0.2) is 51.4 Å². The van der Waals surface area contributed by atoms with Gasteiger partial charge in [-0.25, -0.2) is 9.97 Å². The molecule has 0 aliphatic carbocycles. The number of hydrogen-bond donors (Lipinski definition) is 1. The summed E-state index contributed by atoms with van der Waals surface area (Å²) in [5.41, 5.74) is 1.86. The number of nitrogens with one attached hydrogen (secondary N) is 1. The quantitative estimate of drug-likeness (QED) is 0.869. The fourth-order valence-electron chi connectivity index (χ4n) is 3.46. The maximum Gasteiger partial charge on any atom is 0.333 e. The largest absolute Gasteiger partial charge is 0.376 e. The van der Waals surface area contributed by atoms with Crippen LogP contribution in [0.2, 0.25) is 0 Å². The number of rotatable bonds is 4. The zero-order valence-electron chi connectivity index (χ0n) is 14.6. The third kappa shape index (κ3) is 3.75. The van der Waals surface area contributed by atoms with Gasteiger partial charge in [-0.15, -0.1) is 0 Å². The first-order chi connectivity index (χ1) is 13.1. The Morgan fingerprint density at radius 2 is 2.30 bits per heavy atom. The van der Waals surface area contributed by atoms with E-state index >= 15 is 0 Å². The average molecular weight is 378 g/mol. The first kappa shape index (κ1) is 17.8. The lowest BCUT2D eigenvalue weighted by Gasteiger charge is -2.33. The van der Waals surface area contributed by atoms with Crippen LogP contribution in [0.4, 0.5) is 14.7 Å². The molecule has 1 amide bonds. The number of amides is 1. The van der Waals surface area contributed by atoms with Crippen molar-refractivity contribution >= 4 is 11.9 Å². The minimum absolute atomic E-state index is 0.146. The number of halogens is 2. The number of carbonyl (C=O) groups is 1. The third-order valence-corrected chi connectivity index (χ3v) is 4.81. The van der Waals surface area contributed by atoms with Crippen LogP contribution < -0.4 is 10.2 Å². The Bertz CT molecular complexity index is 828. The van der Waals surface area contributed by atoms with Crippen LogP contribution in [0.25, 0.3) is 0 Å². The summed E-state index contributed by atoms with van der Waals surface area (Å²) in [6.07, 6.45) is 5.36. The molecule has 0 radical (unpaired) electrons. The van der Waals surface area contributed by atoms with Crippen molar-refractivity contribution in [3.8, 4) is 0 Å². The Hall–Kier alpha value is -2.62. The molecule has 1 atom stereocenters. The van der Waals surface area contributed by atoms with Crippen LogP contribution in [0.1, 0.15) is 41.1 Å². The molecule has 27 heavy (non-hydrogen) atoms. The van der Waals surface area contributed by atoms with Crippen molar-refractivity contribution in [3.05, 3.63) is 35.4 Å². The molecule has 4 rings (SSSR count). The van der Waals surface area contributed by atoms with Gasteiger partial charge in [0, 0.05) is 43.5 Å². The number of hydrogen-bond acceptors (Lipinski definition) is 6. The van der Waals surface area contributed by atoms with Gasteiger partial charge < -0.3 is 15.0 Å². The number of alkyl halides is 2. The first-order valence-electron chi connectivity index (χ1n) is 8.92.